The molecule has 0 fully saturated rings. The molecular formula is C18H24N2O6. The minimum atomic E-state index is -0.830. The zero-order valence-corrected chi connectivity index (χ0v) is 15.2. The highest BCUT2D eigenvalue weighted by Gasteiger charge is 2.23. The van der Waals surface area contributed by atoms with Crippen LogP contribution in [0.5, 0.6) is 0 Å². The number of nitrogens with zero attached hydrogens (tertiary/aromatic N) is 1. The Hall–Kier alpha value is -3.03. The van der Waals surface area contributed by atoms with Crippen LogP contribution in [0.2, 0.25) is 0 Å². The molecule has 0 saturated heterocycles. The van der Waals surface area contributed by atoms with E-state index >= 15 is 0 Å². The molecule has 1 N–H and O–H groups in total. The zero-order chi connectivity index (χ0) is 19.4. The maximum atomic E-state index is 12.3. The molecule has 2 amide bonds. The predicted octanol–water partition coefficient (Wildman–Crippen LogP) is 2.75. The van der Waals surface area contributed by atoms with Crippen molar-refractivity contribution < 1.29 is 28.6 Å². The van der Waals surface area contributed by atoms with E-state index in [1.165, 1.54) is 0 Å². The minimum absolute atomic E-state index is 0.108. The lowest BCUT2D eigenvalue weighted by atomic mass is 10.1. The largest absolute Gasteiger partial charge is 0.463 e. The third-order valence-electron chi connectivity index (χ3n) is 3.00. The van der Waals surface area contributed by atoms with Gasteiger partial charge in [0.1, 0.15) is 0 Å². The smallest absolute Gasteiger partial charge is 0.429 e. The molecule has 0 aliphatic heterocycles. The predicted molar refractivity (Wildman–Crippen MR) is 94.9 cm³/mol. The van der Waals surface area contributed by atoms with Crippen molar-refractivity contribution in [3.05, 3.63) is 41.5 Å². The average molecular weight is 364 g/mol. The number of carbonyl (C=O) groups excluding carboxylic acids is 3. The normalized spacial score (nSPS) is 10.7. The van der Waals surface area contributed by atoms with E-state index in [-0.39, 0.29) is 31.9 Å². The van der Waals surface area contributed by atoms with E-state index < -0.39 is 18.2 Å². The van der Waals surface area contributed by atoms with Crippen molar-refractivity contribution in [2.45, 2.75) is 20.8 Å². The first-order valence-electron chi connectivity index (χ1n) is 8.32. The van der Waals surface area contributed by atoms with Crippen molar-refractivity contribution in [3.63, 3.8) is 0 Å². The van der Waals surface area contributed by atoms with Gasteiger partial charge >= 0.3 is 18.2 Å². The first kappa shape index (κ1) is 21.0. The zero-order valence-electron chi connectivity index (χ0n) is 15.2. The summed E-state index contributed by atoms with van der Waals surface area (Å²) in [5.41, 5.74) is 3.18. The monoisotopic (exact) mass is 364 g/mol. The molecule has 0 bridgehead atoms. The van der Waals surface area contributed by atoms with Gasteiger partial charge in [-0.05, 0) is 32.4 Å². The van der Waals surface area contributed by atoms with E-state index in [1.807, 2.05) is 18.2 Å². The number of hydrogen-bond donors (Lipinski definition) is 1. The quantitative estimate of drug-likeness (QED) is 0.346. The minimum Gasteiger partial charge on any atom is -0.463 e. The van der Waals surface area contributed by atoms with Crippen LogP contribution in [0, 0.1) is 0 Å². The van der Waals surface area contributed by atoms with Gasteiger partial charge in [-0.1, -0.05) is 30.3 Å². The summed E-state index contributed by atoms with van der Waals surface area (Å²) in [4.78, 5) is 36.0. The maximum Gasteiger partial charge on any atom is 0.429 e. The number of amides is 2. The van der Waals surface area contributed by atoms with E-state index in [2.05, 4.69) is 5.43 Å². The van der Waals surface area contributed by atoms with Gasteiger partial charge in [0.05, 0.1) is 31.9 Å². The third-order valence-corrected chi connectivity index (χ3v) is 3.00. The number of benzene rings is 1. The standard InChI is InChI=1S/C18H24N2O6/c1-4-24-16(21)15(12-14-10-8-7-9-11-14)13-20(18(23)26-6-3)19-17(22)25-5-2/h7-12H,4-6,13H2,1-3H3,(H,19,22)/b15-12-. The van der Waals surface area contributed by atoms with E-state index in [4.69, 9.17) is 14.2 Å². The van der Waals surface area contributed by atoms with Gasteiger partial charge in [-0.15, -0.1) is 0 Å². The van der Waals surface area contributed by atoms with Crippen molar-refractivity contribution in [3.8, 4) is 0 Å². The van der Waals surface area contributed by atoms with E-state index in [0.717, 1.165) is 10.6 Å². The molecule has 0 atom stereocenters. The van der Waals surface area contributed by atoms with Gasteiger partial charge in [0.15, 0.2) is 0 Å². The maximum absolute atomic E-state index is 12.3. The summed E-state index contributed by atoms with van der Waals surface area (Å²) < 4.78 is 14.7. The molecule has 0 aliphatic carbocycles. The van der Waals surface area contributed by atoms with E-state index in [9.17, 15) is 14.4 Å². The SMILES string of the molecule is CCOC(=O)NN(C/C(=C/c1ccccc1)C(=O)OCC)C(=O)OCC. The van der Waals surface area contributed by atoms with Crippen molar-refractivity contribution in [2.24, 2.45) is 0 Å². The summed E-state index contributed by atoms with van der Waals surface area (Å²) in [6, 6.07) is 9.07. The van der Waals surface area contributed by atoms with Crippen LogP contribution in [0.4, 0.5) is 9.59 Å². The lowest BCUT2D eigenvalue weighted by Gasteiger charge is -2.22. The van der Waals surface area contributed by atoms with Crippen LogP contribution < -0.4 is 5.43 Å². The number of rotatable bonds is 7. The molecule has 0 spiro atoms. The highest BCUT2D eigenvalue weighted by atomic mass is 16.6. The molecule has 142 valence electrons. The molecule has 0 radical (unpaired) electrons. The summed E-state index contributed by atoms with van der Waals surface area (Å²) in [6.07, 6.45) is -0.0656. The first-order valence-corrected chi connectivity index (χ1v) is 8.32. The lowest BCUT2D eigenvalue weighted by molar-refractivity contribution is -0.138. The molecule has 0 aromatic heterocycles. The Labute approximate surface area is 152 Å². The van der Waals surface area contributed by atoms with Crippen LogP contribution in [0.25, 0.3) is 6.08 Å². The van der Waals surface area contributed by atoms with Crippen molar-refractivity contribution >= 4 is 24.2 Å². The van der Waals surface area contributed by atoms with Crippen LogP contribution >= 0.6 is 0 Å². The summed E-state index contributed by atoms with van der Waals surface area (Å²) in [5.74, 6) is -0.601. The van der Waals surface area contributed by atoms with Crippen molar-refractivity contribution in [2.75, 3.05) is 26.4 Å². The van der Waals surface area contributed by atoms with Gasteiger partial charge in [0.25, 0.3) is 0 Å². The Morgan fingerprint density at radius 3 is 2.15 bits per heavy atom. The van der Waals surface area contributed by atoms with Gasteiger partial charge < -0.3 is 14.2 Å². The second-order valence-electron chi connectivity index (χ2n) is 4.92. The summed E-state index contributed by atoms with van der Waals surface area (Å²) in [6.45, 7) is 5.11. The lowest BCUT2D eigenvalue weighted by Crippen LogP contribution is -2.48. The average Bonchev–Trinajstić information content (AvgIpc) is 2.62. The Morgan fingerprint density at radius 1 is 0.962 bits per heavy atom. The molecule has 1 aromatic rings. The summed E-state index contributed by atoms with van der Waals surface area (Å²) >= 11 is 0. The second kappa shape index (κ2) is 11.5. The van der Waals surface area contributed by atoms with Crippen molar-refractivity contribution in [1.29, 1.82) is 0 Å². The van der Waals surface area contributed by atoms with E-state index in [0.29, 0.717) is 0 Å². The second-order valence-corrected chi connectivity index (χ2v) is 4.92. The van der Waals surface area contributed by atoms with Gasteiger partial charge in [-0.3, -0.25) is 0 Å². The highest BCUT2D eigenvalue weighted by molar-refractivity contribution is 5.94. The topological polar surface area (TPSA) is 94.2 Å². The molecule has 0 heterocycles. The number of ether oxygens (including phenoxy) is 3. The Balaban J connectivity index is 3.07. The molecule has 1 aromatic carbocycles. The van der Waals surface area contributed by atoms with Crippen LogP contribution in [0.15, 0.2) is 35.9 Å². The molecule has 0 unspecified atom stereocenters. The fraction of sp³-hybridized carbons (Fsp3) is 0.389. The number of hydrogen-bond acceptors (Lipinski definition) is 6. The number of hydrazine groups is 1. The number of esters is 1. The Bertz CT molecular complexity index is 630. The van der Waals surface area contributed by atoms with Gasteiger partial charge in [-0.25, -0.2) is 24.8 Å². The van der Waals surface area contributed by atoms with E-state index in [1.54, 1.807) is 39.0 Å². The summed E-state index contributed by atoms with van der Waals surface area (Å²) in [5, 5.41) is 0.868. The Morgan fingerprint density at radius 2 is 1.58 bits per heavy atom. The molecule has 8 heteroatoms. The van der Waals surface area contributed by atoms with Gasteiger partial charge in [0, 0.05) is 0 Å². The van der Waals surface area contributed by atoms with Crippen LogP contribution in [-0.2, 0) is 19.0 Å². The summed E-state index contributed by atoms with van der Waals surface area (Å²) in [7, 11) is 0. The first-order chi connectivity index (χ1) is 12.5. The fourth-order valence-corrected chi connectivity index (χ4v) is 1.94. The fourth-order valence-electron chi connectivity index (χ4n) is 1.94. The van der Waals surface area contributed by atoms with Crippen LogP contribution in [0.1, 0.15) is 26.3 Å². The van der Waals surface area contributed by atoms with Gasteiger partial charge in [0.2, 0.25) is 0 Å². The van der Waals surface area contributed by atoms with Crippen LogP contribution in [0.3, 0.4) is 0 Å². The molecule has 8 nitrogen and oxygen atoms in total. The molecule has 0 aliphatic rings. The number of nitrogens with one attached hydrogen (secondary N) is 1. The van der Waals surface area contributed by atoms with Crippen molar-refractivity contribution in [1.82, 2.24) is 10.4 Å². The van der Waals surface area contributed by atoms with Gasteiger partial charge in [-0.2, -0.15) is 0 Å². The molecule has 1 rings (SSSR count). The highest BCUT2D eigenvalue weighted by Crippen LogP contribution is 2.10. The van der Waals surface area contributed by atoms with Crippen LogP contribution in [-0.4, -0.2) is 49.5 Å². The molecule has 0 saturated carbocycles. The molecule has 26 heavy (non-hydrogen) atoms. The number of carbonyl (C=O) groups is 3. The Kier molecular flexibility index (Phi) is 9.30. The third kappa shape index (κ3) is 7.25. The molecular weight excluding hydrogens is 340 g/mol.